The number of carbonyl (C=O) groups is 1. The van der Waals surface area contributed by atoms with Gasteiger partial charge in [-0.3, -0.25) is 4.79 Å². The number of rotatable bonds is 3. The third-order valence-electron chi connectivity index (χ3n) is 4.89. The third-order valence-corrected chi connectivity index (χ3v) is 6.30. The van der Waals surface area contributed by atoms with Crippen LogP contribution in [0.5, 0.6) is 0 Å². The van der Waals surface area contributed by atoms with E-state index in [0.717, 1.165) is 13.6 Å². The zero-order valence-corrected chi connectivity index (χ0v) is 19.5. The predicted octanol–water partition coefficient (Wildman–Crippen LogP) is 6.97. The molecule has 11 heteroatoms. The number of anilines is 2. The van der Waals surface area contributed by atoms with E-state index in [1.807, 2.05) is 0 Å². The van der Waals surface area contributed by atoms with Crippen molar-refractivity contribution in [1.82, 2.24) is 9.78 Å². The van der Waals surface area contributed by atoms with Gasteiger partial charge in [0.15, 0.2) is 11.7 Å². The van der Waals surface area contributed by atoms with Crippen LogP contribution in [0.2, 0.25) is 5.02 Å². The first-order valence-electron chi connectivity index (χ1n) is 9.07. The summed E-state index contributed by atoms with van der Waals surface area (Å²) >= 11 is 12.9. The standard InChI is InChI=1S/C20H14Br2ClF3N4O/c21-11-3-1-10(2-4-11)14-9-15(20(24,25)26)30-18(28-14)16(23)17(29-30)19(31)27-13-7-5-12(22)6-8-13/h1-8,14-15,28H,9H2,(H,27,31)/t14-,15-/m1/s1. The first kappa shape index (κ1) is 22.2. The molecule has 31 heavy (non-hydrogen) atoms. The first-order chi connectivity index (χ1) is 14.6. The number of hydrogen-bond acceptors (Lipinski definition) is 3. The normalized spacial score (nSPS) is 18.3. The lowest BCUT2D eigenvalue weighted by molar-refractivity contribution is -0.173. The fraction of sp³-hybridized carbons (Fsp3) is 0.200. The summed E-state index contributed by atoms with van der Waals surface area (Å²) in [6.07, 6.45) is -4.86. The molecule has 0 unspecified atom stereocenters. The van der Waals surface area contributed by atoms with E-state index in [1.165, 1.54) is 0 Å². The predicted molar refractivity (Wildman–Crippen MR) is 120 cm³/mol. The number of nitrogens with one attached hydrogen (secondary N) is 2. The van der Waals surface area contributed by atoms with Gasteiger partial charge < -0.3 is 10.6 Å². The number of fused-ring (bicyclic) bond motifs is 1. The third kappa shape index (κ3) is 4.61. The van der Waals surface area contributed by atoms with Gasteiger partial charge in [-0.2, -0.15) is 18.3 Å². The second kappa shape index (κ2) is 8.48. The van der Waals surface area contributed by atoms with Gasteiger partial charge in [0, 0.05) is 21.1 Å². The molecule has 1 aliphatic rings. The Balaban J connectivity index is 1.69. The lowest BCUT2D eigenvalue weighted by Crippen LogP contribution is -2.35. The summed E-state index contributed by atoms with van der Waals surface area (Å²) in [5.41, 5.74) is 0.850. The SMILES string of the molecule is O=C(Nc1ccc(Br)cc1)c1nn2c(c1Cl)N[C@@H](c1ccc(Br)cc1)C[C@@H]2C(F)(F)F. The summed E-state index contributed by atoms with van der Waals surface area (Å²) in [6, 6.07) is 11.1. The Morgan fingerprint density at radius 3 is 2.26 bits per heavy atom. The minimum Gasteiger partial charge on any atom is -0.362 e. The second-order valence-electron chi connectivity index (χ2n) is 6.96. The molecule has 1 aliphatic heterocycles. The number of amides is 1. The number of alkyl halides is 3. The van der Waals surface area contributed by atoms with Crippen LogP contribution in [0, 0.1) is 0 Å². The fourth-order valence-electron chi connectivity index (χ4n) is 3.37. The topological polar surface area (TPSA) is 59.0 Å². The summed E-state index contributed by atoms with van der Waals surface area (Å²) < 4.78 is 44.0. The molecule has 2 N–H and O–H groups in total. The van der Waals surface area contributed by atoms with Crippen LogP contribution in [0.4, 0.5) is 24.7 Å². The lowest BCUT2D eigenvalue weighted by atomic mass is 9.97. The molecule has 2 atom stereocenters. The molecular formula is C20H14Br2ClF3N4O. The molecular weight excluding hydrogens is 565 g/mol. The fourth-order valence-corrected chi connectivity index (χ4v) is 4.17. The van der Waals surface area contributed by atoms with Gasteiger partial charge in [-0.1, -0.05) is 55.6 Å². The molecule has 1 amide bonds. The molecule has 2 heterocycles. The quantitative estimate of drug-likeness (QED) is 0.353. The largest absolute Gasteiger partial charge is 0.410 e. The number of hydrogen-bond donors (Lipinski definition) is 2. The average molecular weight is 579 g/mol. The van der Waals surface area contributed by atoms with Gasteiger partial charge in [-0.25, -0.2) is 4.68 Å². The van der Waals surface area contributed by atoms with Crippen molar-refractivity contribution in [3.8, 4) is 0 Å². The molecule has 0 aliphatic carbocycles. The van der Waals surface area contributed by atoms with Crippen LogP contribution in [-0.4, -0.2) is 21.9 Å². The highest BCUT2D eigenvalue weighted by molar-refractivity contribution is 9.10. The summed E-state index contributed by atoms with van der Waals surface area (Å²) in [4.78, 5) is 12.7. The van der Waals surface area contributed by atoms with Gasteiger partial charge >= 0.3 is 6.18 Å². The van der Waals surface area contributed by atoms with Crippen molar-refractivity contribution in [2.24, 2.45) is 0 Å². The maximum Gasteiger partial charge on any atom is 0.410 e. The molecule has 5 nitrogen and oxygen atoms in total. The van der Waals surface area contributed by atoms with Crippen LogP contribution in [0.1, 0.15) is 34.6 Å². The van der Waals surface area contributed by atoms with E-state index in [4.69, 9.17) is 11.6 Å². The molecule has 0 saturated heterocycles. The maximum atomic E-state index is 13.9. The molecule has 0 bridgehead atoms. The minimum absolute atomic E-state index is 0.0379. The van der Waals surface area contributed by atoms with Crippen molar-refractivity contribution >= 4 is 60.9 Å². The molecule has 1 aromatic heterocycles. The van der Waals surface area contributed by atoms with Crippen molar-refractivity contribution in [3.05, 3.63) is 73.8 Å². The van der Waals surface area contributed by atoms with Gasteiger partial charge in [-0.15, -0.1) is 0 Å². The Morgan fingerprint density at radius 2 is 1.68 bits per heavy atom. The molecule has 0 radical (unpaired) electrons. The molecule has 0 saturated carbocycles. The highest BCUT2D eigenvalue weighted by Gasteiger charge is 2.47. The molecule has 3 aromatic rings. The van der Waals surface area contributed by atoms with Crippen LogP contribution in [-0.2, 0) is 0 Å². The Bertz CT molecular complexity index is 1120. The number of aromatic nitrogens is 2. The molecule has 2 aromatic carbocycles. The summed E-state index contributed by atoms with van der Waals surface area (Å²) in [7, 11) is 0. The zero-order chi connectivity index (χ0) is 22.3. The van der Waals surface area contributed by atoms with Crippen LogP contribution in [0.15, 0.2) is 57.5 Å². The Hall–Kier alpha value is -2.04. The van der Waals surface area contributed by atoms with Crippen molar-refractivity contribution in [3.63, 3.8) is 0 Å². The highest BCUT2D eigenvalue weighted by Crippen LogP contribution is 2.46. The van der Waals surface area contributed by atoms with Crippen LogP contribution in [0.25, 0.3) is 0 Å². The van der Waals surface area contributed by atoms with E-state index < -0.39 is 24.2 Å². The van der Waals surface area contributed by atoms with E-state index in [9.17, 15) is 18.0 Å². The lowest BCUT2D eigenvalue weighted by Gasteiger charge is -2.33. The average Bonchev–Trinajstić information content (AvgIpc) is 3.05. The van der Waals surface area contributed by atoms with Gasteiger partial charge in [0.1, 0.15) is 10.8 Å². The van der Waals surface area contributed by atoms with Crippen molar-refractivity contribution in [2.45, 2.75) is 24.7 Å². The second-order valence-corrected chi connectivity index (χ2v) is 9.17. The number of nitrogens with zero attached hydrogens (tertiary/aromatic N) is 2. The smallest absolute Gasteiger partial charge is 0.362 e. The van der Waals surface area contributed by atoms with Crippen LogP contribution in [0.3, 0.4) is 0 Å². The van der Waals surface area contributed by atoms with E-state index in [-0.39, 0.29) is 23.0 Å². The van der Waals surface area contributed by atoms with Crippen molar-refractivity contribution < 1.29 is 18.0 Å². The van der Waals surface area contributed by atoms with Gasteiger partial charge in [0.05, 0.1) is 6.04 Å². The minimum atomic E-state index is -4.57. The van der Waals surface area contributed by atoms with E-state index in [1.54, 1.807) is 48.5 Å². The van der Waals surface area contributed by atoms with E-state index >= 15 is 0 Å². The summed E-state index contributed by atoms with van der Waals surface area (Å²) in [6.45, 7) is 0. The van der Waals surface area contributed by atoms with Gasteiger partial charge in [0.25, 0.3) is 5.91 Å². The Morgan fingerprint density at radius 1 is 1.10 bits per heavy atom. The van der Waals surface area contributed by atoms with Crippen LogP contribution < -0.4 is 10.6 Å². The number of carbonyl (C=O) groups excluding carboxylic acids is 1. The number of benzene rings is 2. The first-order valence-corrected chi connectivity index (χ1v) is 11.0. The van der Waals surface area contributed by atoms with E-state index in [0.29, 0.717) is 11.3 Å². The summed E-state index contributed by atoms with van der Waals surface area (Å²) in [5, 5.41) is 9.39. The van der Waals surface area contributed by atoms with Gasteiger partial charge in [-0.05, 0) is 42.0 Å². The van der Waals surface area contributed by atoms with Crippen molar-refractivity contribution in [2.75, 3.05) is 10.6 Å². The zero-order valence-electron chi connectivity index (χ0n) is 15.6. The van der Waals surface area contributed by atoms with E-state index in [2.05, 4.69) is 47.6 Å². The van der Waals surface area contributed by atoms with Gasteiger partial charge in [0.2, 0.25) is 0 Å². The Kier molecular flexibility index (Phi) is 6.06. The monoisotopic (exact) mass is 576 g/mol. The molecule has 4 rings (SSSR count). The Labute approximate surface area is 197 Å². The highest BCUT2D eigenvalue weighted by atomic mass is 79.9. The van der Waals surface area contributed by atoms with Crippen LogP contribution >= 0.6 is 43.5 Å². The molecule has 162 valence electrons. The summed E-state index contributed by atoms with van der Waals surface area (Å²) in [5.74, 6) is -0.735. The number of halogens is 6. The molecule has 0 fully saturated rings. The maximum absolute atomic E-state index is 13.9. The van der Waals surface area contributed by atoms with Crippen molar-refractivity contribution in [1.29, 1.82) is 0 Å². The molecule has 0 spiro atoms.